The Hall–Kier alpha value is -4.53. The Morgan fingerprint density at radius 2 is 1.63 bits per heavy atom. The van der Waals surface area contributed by atoms with Crippen LogP contribution in [-0.4, -0.2) is 42.1 Å². The smallest absolute Gasteiger partial charge is 0.294 e. The van der Waals surface area contributed by atoms with Crippen molar-refractivity contribution in [1.29, 1.82) is 0 Å². The van der Waals surface area contributed by atoms with E-state index in [-0.39, 0.29) is 21.6 Å². The van der Waals surface area contributed by atoms with Gasteiger partial charge in [0.1, 0.15) is 23.8 Å². The first-order valence-electron chi connectivity index (χ1n) is 21.8. The molecule has 0 saturated heterocycles. The third kappa shape index (κ3) is 9.76. The molecule has 1 aliphatic carbocycles. The minimum absolute atomic E-state index is 0.0810. The average Bonchev–Trinajstić information content (AvgIpc) is 3.54. The number of carbonyl (C=O) groups is 1. The van der Waals surface area contributed by atoms with Gasteiger partial charge in [-0.15, -0.1) is 0 Å². The monoisotopic (exact) mass is 817 g/mol. The quantitative estimate of drug-likeness (QED) is 0.0829. The molecule has 0 aromatic heterocycles. The molecule has 3 aliphatic rings. The van der Waals surface area contributed by atoms with E-state index >= 15 is 0 Å². The Labute approximate surface area is 354 Å². The van der Waals surface area contributed by atoms with Gasteiger partial charge in [-0.3, -0.25) is 9.35 Å². The number of carbonyl (C=O) groups excluding carboxylic acids is 1. The van der Waals surface area contributed by atoms with Crippen molar-refractivity contribution in [3.05, 3.63) is 130 Å². The maximum absolute atomic E-state index is 12.3. The summed E-state index contributed by atoms with van der Waals surface area (Å²) in [5.74, 6) is 1.70. The Kier molecular flexibility index (Phi) is 13.7. The van der Waals surface area contributed by atoms with E-state index in [1.807, 2.05) is 13.8 Å². The lowest BCUT2D eigenvalue weighted by Gasteiger charge is -2.27. The van der Waals surface area contributed by atoms with Gasteiger partial charge in [0.2, 0.25) is 5.69 Å². The van der Waals surface area contributed by atoms with Gasteiger partial charge in [0.15, 0.2) is 5.71 Å². The number of hydrogen-bond donors (Lipinski definition) is 1. The van der Waals surface area contributed by atoms with Crippen LogP contribution >= 0.6 is 0 Å². The van der Waals surface area contributed by atoms with Crippen LogP contribution in [0.5, 0.6) is 5.75 Å². The molecule has 6 rings (SSSR count). The predicted octanol–water partition coefficient (Wildman–Crippen LogP) is 12.3. The maximum atomic E-state index is 12.3. The molecule has 8 heteroatoms. The summed E-state index contributed by atoms with van der Waals surface area (Å²) in [7, 11) is -4.34. The molecule has 0 unspecified atom stereocenters. The second-order valence-electron chi connectivity index (χ2n) is 17.9. The van der Waals surface area contributed by atoms with Crippen LogP contribution in [0, 0.1) is 12.8 Å². The van der Waals surface area contributed by atoms with Gasteiger partial charge in [-0.25, -0.2) is 0 Å². The SMILES string of the molecule is CCCCC[N+]1=C(/C=C/C2=C(Oc3ccc(S(=O)(=O)O)cc3)C(=C/C=C3/N(CCCCCC(=O)C(C)C)c4ccc(C)cc4C3(C)C)/CCC2)C(C)(C)c2ccccc21. The molecular weight excluding hydrogens is 753 g/mol. The van der Waals surface area contributed by atoms with Crippen molar-refractivity contribution >= 4 is 33.0 Å². The Bertz CT molecular complexity index is 2300. The summed E-state index contributed by atoms with van der Waals surface area (Å²) in [5.41, 5.74) is 10.6. The molecule has 0 radical (unpaired) electrons. The maximum Gasteiger partial charge on any atom is 0.294 e. The molecule has 0 amide bonds. The molecule has 3 aromatic rings. The lowest BCUT2D eigenvalue weighted by Crippen LogP contribution is -2.28. The number of Topliss-reactive ketones (excluding diaryl/α,β-unsaturated/α-hetero) is 1. The van der Waals surface area contributed by atoms with Gasteiger partial charge in [0, 0.05) is 59.8 Å². The zero-order valence-corrected chi connectivity index (χ0v) is 37.4. The molecule has 59 heavy (non-hydrogen) atoms. The van der Waals surface area contributed by atoms with Crippen molar-refractivity contribution in [3.8, 4) is 5.75 Å². The van der Waals surface area contributed by atoms with Gasteiger partial charge in [0.25, 0.3) is 10.1 Å². The second kappa shape index (κ2) is 18.4. The zero-order valence-electron chi connectivity index (χ0n) is 36.6. The van der Waals surface area contributed by atoms with Crippen LogP contribution in [0.1, 0.15) is 129 Å². The lowest BCUT2D eigenvalue weighted by atomic mass is 9.81. The number of unbranched alkanes of at least 4 members (excludes halogenated alkanes) is 4. The van der Waals surface area contributed by atoms with Gasteiger partial charge in [0.05, 0.1) is 10.3 Å². The molecule has 1 N–H and O–H groups in total. The first kappa shape index (κ1) is 44.0. The van der Waals surface area contributed by atoms with E-state index in [0.29, 0.717) is 18.0 Å². The molecule has 0 fully saturated rings. The molecule has 2 aliphatic heterocycles. The number of para-hydroxylation sites is 1. The van der Waals surface area contributed by atoms with Gasteiger partial charge in [-0.2, -0.15) is 13.0 Å². The average molecular weight is 818 g/mol. The molecule has 0 atom stereocenters. The molecule has 7 nitrogen and oxygen atoms in total. The fourth-order valence-corrected chi connectivity index (χ4v) is 9.45. The Morgan fingerprint density at radius 1 is 0.881 bits per heavy atom. The second-order valence-corrected chi connectivity index (χ2v) is 19.4. The third-order valence-corrected chi connectivity index (χ3v) is 13.4. The summed E-state index contributed by atoms with van der Waals surface area (Å²) in [6.07, 6.45) is 18.7. The van der Waals surface area contributed by atoms with Crippen molar-refractivity contribution in [2.45, 2.75) is 135 Å². The van der Waals surface area contributed by atoms with E-state index in [0.717, 1.165) is 81.4 Å². The van der Waals surface area contributed by atoms with Crippen LogP contribution < -0.4 is 9.64 Å². The van der Waals surface area contributed by atoms with Gasteiger partial charge in [-0.05, 0) is 118 Å². The highest BCUT2D eigenvalue weighted by Crippen LogP contribution is 2.48. The first-order valence-corrected chi connectivity index (χ1v) is 23.2. The van der Waals surface area contributed by atoms with E-state index in [4.69, 9.17) is 4.74 Å². The van der Waals surface area contributed by atoms with Gasteiger partial charge < -0.3 is 9.64 Å². The summed E-state index contributed by atoms with van der Waals surface area (Å²) in [4.78, 5) is 14.6. The fourth-order valence-electron chi connectivity index (χ4n) is 8.97. The fraction of sp³-hybridized carbons (Fsp3) is 0.451. The molecule has 0 saturated carbocycles. The Morgan fingerprint density at radius 3 is 2.34 bits per heavy atom. The van der Waals surface area contributed by atoms with Crippen molar-refractivity contribution in [2.24, 2.45) is 5.92 Å². The summed E-state index contributed by atoms with van der Waals surface area (Å²) in [5, 5.41) is 0. The molecule has 3 aromatic carbocycles. The number of fused-ring (bicyclic) bond motifs is 2. The van der Waals surface area contributed by atoms with Gasteiger partial charge >= 0.3 is 0 Å². The topological polar surface area (TPSA) is 86.9 Å². The highest BCUT2D eigenvalue weighted by atomic mass is 32.2. The van der Waals surface area contributed by atoms with Crippen molar-refractivity contribution in [1.82, 2.24) is 0 Å². The van der Waals surface area contributed by atoms with Crippen LogP contribution in [-0.2, 0) is 25.7 Å². The normalized spacial score (nSPS) is 18.8. The number of hydrogen-bond acceptors (Lipinski definition) is 5. The molecule has 0 spiro atoms. The van der Waals surface area contributed by atoms with Crippen LogP contribution in [0.3, 0.4) is 0 Å². The number of rotatable bonds is 17. The van der Waals surface area contributed by atoms with Crippen LogP contribution in [0.25, 0.3) is 0 Å². The molecule has 0 bridgehead atoms. The Balaban J connectivity index is 1.41. The van der Waals surface area contributed by atoms with Crippen molar-refractivity contribution in [2.75, 3.05) is 18.0 Å². The highest BCUT2D eigenvalue weighted by molar-refractivity contribution is 7.85. The lowest BCUT2D eigenvalue weighted by molar-refractivity contribution is -0.438. The molecule has 314 valence electrons. The van der Waals surface area contributed by atoms with E-state index < -0.39 is 10.1 Å². The minimum atomic E-state index is -4.34. The number of anilines is 1. The third-order valence-electron chi connectivity index (χ3n) is 12.5. The first-order chi connectivity index (χ1) is 28.0. The highest BCUT2D eigenvalue weighted by Gasteiger charge is 2.44. The number of aryl methyl sites for hydroxylation is 1. The van der Waals surface area contributed by atoms with E-state index in [2.05, 4.69) is 118 Å². The predicted molar refractivity (Wildman–Crippen MR) is 242 cm³/mol. The number of benzene rings is 3. The van der Waals surface area contributed by atoms with Gasteiger partial charge in [-0.1, -0.05) is 89.4 Å². The van der Waals surface area contributed by atoms with E-state index in [1.54, 1.807) is 12.1 Å². The van der Waals surface area contributed by atoms with Crippen LogP contribution in [0.2, 0.25) is 0 Å². The number of allylic oxidation sites excluding steroid dienone is 7. The number of ether oxygens (including phenoxy) is 1. The summed E-state index contributed by atoms with van der Waals surface area (Å²) in [6.45, 7) is 19.4. The zero-order chi connectivity index (χ0) is 42.5. The van der Waals surface area contributed by atoms with Crippen molar-refractivity contribution < 1.29 is 27.1 Å². The largest absolute Gasteiger partial charge is 0.457 e. The standard InChI is InChI=1S/C51H64N2O5S/c1-9-10-15-33-52-44-21-14-13-20-42(44)50(5,6)47(52)31-24-38-18-17-19-39(49(38)58-40-26-28-41(29-27-40)59(55,56)57)25-32-48-51(7,8)43-35-37(4)23-30-45(43)53(48)34-16-11-12-22-46(54)36(2)3/h13-14,20-21,23-32,35-36H,9-12,15-19,22,33-34H2,1-8H3/p+1. The number of ketones is 1. The van der Waals surface area contributed by atoms with E-state index in [9.17, 15) is 17.8 Å². The molecule has 2 heterocycles. The van der Waals surface area contributed by atoms with Crippen LogP contribution in [0.15, 0.2) is 119 Å². The number of nitrogens with zero attached hydrogens (tertiary/aromatic N) is 2. The minimum Gasteiger partial charge on any atom is -0.457 e. The van der Waals surface area contributed by atoms with Crippen LogP contribution in [0.4, 0.5) is 11.4 Å². The summed E-state index contributed by atoms with van der Waals surface area (Å²) < 4.78 is 42.7. The molecular formula is C51H65N2O5S+. The summed E-state index contributed by atoms with van der Waals surface area (Å²) in [6, 6.07) is 21.5. The van der Waals surface area contributed by atoms with E-state index in [1.165, 1.54) is 58.0 Å². The summed E-state index contributed by atoms with van der Waals surface area (Å²) >= 11 is 0. The van der Waals surface area contributed by atoms with Crippen molar-refractivity contribution in [3.63, 3.8) is 0 Å².